The predicted molar refractivity (Wildman–Crippen MR) is 50.8 cm³/mol. The van der Waals surface area contributed by atoms with Gasteiger partial charge in [0.2, 0.25) is 0 Å². The van der Waals surface area contributed by atoms with E-state index in [4.69, 9.17) is 23.2 Å². The highest BCUT2D eigenvalue weighted by Gasteiger charge is 2.06. The van der Waals surface area contributed by atoms with Gasteiger partial charge in [0.1, 0.15) is 5.82 Å². The SMILES string of the molecule is O=C(CCl)Cc1ccc(F)cc1Cl. The molecule has 13 heavy (non-hydrogen) atoms. The van der Waals surface area contributed by atoms with Crippen molar-refractivity contribution in [2.24, 2.45) is 0 Å². The Morgan fingerprint density at radius 1 is 1.46 bits per heavy atom. The van der Waals surface area contributed by atoms with Crippen LogP contribution in [0.2, 0.25) is 5.02 Å². The Bertz CT molecular complexity index is 325. The van der Waals surface area contributed by atoms with E-state index in [1.165, 1.54) is 18.2 Å². The van der Waals surface area contributed by atoms with E-state index in [0.29, 0.717) is 5.56 Å². The van der Waals surface area contributed by atoms with Crippen molar-refractivity contribution < 1.29 is 9.18 Å². The highest BCUT2D eigenvalue weighted by Crippen LogP contribution is 2.17. The van der Waals surface area contributed by atoms with Crippen LogP contribution >= 0.6 is 23.2 Å². The van der Waals surface area contributed by atoms with Gasteiger partial charge in [-0.3, -0.25) is 4.79 Å². The first kappa shape index (κ1) is 10.5. The zero-order valence-corrected chi connectivity index (χ0v) is 8.20. The maximum Gasteiger partial charge on any atom is 0.152 e. The second-order valence-electron chi connectivity index (χ2n) is 2.58. The fraction of sp³-hybridized carbons (Fsp3) is 0.222. The normalized spacial score (nSPS) is 10.1. The number of carbonyl (C=O) groups excluding carboxylic acids is 1. The van der Waals surface area contributed by atoms with Gasteiger partial charge in [-0.2, -0.15) is 0 Å². The number of hydrogen-bond donors (Lipinski definition) is 0. The van der Waals surface area contributed by atoms with Crippen LogP contribution in [0.1, 0.15) is 5.56 Å². The molecule has 0 aliphatic heterocycles. The molecular weight excluding hydrogens is 214 g/mol. The third-order valence-corrected chi connectivity index (χ3v) is 2.20. The first-order valence-electron chi connectivity index (χ1n) is 3.65. The lowest BCUT2D eigenvalue weighted by Gasteiger charge is -2.01. The molecule has 0 bridgehead atoms. The average molecular weight is 221 g/mol. The number of halogens is 3. The minimum atomic E-state index is -0.410. The summed E-state index contributed by atoms with van der Waals surface area (Å²) in [6.07, 6.45) is 0.155. The fourth-order valence-electron chi connectivity index (χ4n) is 0.925. The van der Waals surface area contributed by atoms with Gasteiger partial charge in [-0.05, 0) is 17.7 Å². The van der Waals surface area contributed by atoms with Gasteiger partial charge in [-0.25, -0.2) is 4.39 Å². The molecule has 0 aromatic heterocycles. The lowest BCUT2D eigenvalue weighted by molar-refractivity contribution is -0.116. The van der Waals surface area contributed by atoms with Crippen molar-refractivity contribution in [1.29, 1.82) is 0 Å². The number of Topliss-reactive ketones (excluding diaryl/α,β-unsaturated/α-hetero) is 1. The molecule has 4 heteroatoms. The quantitative estimate of drug-likeness (QED) is 0.717. The van der Waals surface area contributed by atoms with Crippen LogP contribution in [0.3, 0.4) is 0 Å². The lowest BCUT2D eigenvalue weighted by atomic mass is 10.1. The summed E-state index contributed by atoms with van der Waals surface area (Å²) in [6, 6.07) is 3.93. The van der Waals surface area contributed by atoms with E-state index >= 15 is 0 Å². The second kappa shape index (κ2) is 4.58. The van der Waals surface area contributed by atoms with E-state index in [0.717, 1.165) is 0 Å². The van der Waals surface area contributed by atoms with E-state index in [1.54, 1.807) is 0 Å². The topological polar surface area (TPSA) is 17.1 Å². The molecule has 1 aromatic rings. The van der Waals surface area contributed by atoms with E-state index in [9.17, 15) is 9.18 Å². The van der Waals surface area contributed by atoms with Crippen LogP contribution in [0, 0.1) is 5.82 Å². The summed E-state index contributed by atoms with van der Waals surface area (Å²) in [6.45, 7) is 0. The molecule has 0 saturated heterocycles. The van der Waals surface area contributed by atoms with E-state index < -0.39 is 5.82 Å². The molecule has 0 N–H and O–H groups in total. The van der Waals surface area contributed by atoms with Crippen LogP contribution in [0.5, 0.6) is 0 Å². The van der Waals surface area contributed by atoms with Crippen molar-refractivity contribution in [3.05, 3.63) is 34.6 Å². The number of alkyl halides is 1. The standard InChI is InChI=1S/C9H7Cl2FO/c10-5-8(13)3-6-1-2-7(12)4-9(6)11/h1-2,4H,3,5H2. The summed E-state index contributed by atoms with van der Waals surface area (Å²) in [5.41, 5.74) is 0.605. The Kier molecular flexibility index (Phi) is 3.70. The summed E-state index contributed by atoms with van der Waals surface area (Å²) >= 11 is 11.0. The van der Waals surface area contributed by atoms with Gasteiger partial charge in [-0.15, -0.1) is 11.6 Å². The Hall–Kier alpha value is -0.600. The van der Waals surface area contributed by atoms with Gasteiger partial charge >= 0.3 is 0 Å². The largest absolute Gasteiger partial charge is 0.298 e. The fourth-order valence-corrected chi connectivity index (χ4v) is 1.25. The van der Waals surface area contributed by atoms with Crippen LogP contribution in [0.25, 0.3) is 0 Å². The van der Waals surface area contributed by atoms with Crippen molar-refractivity contribution in [2.75, 3.05) is 5.88 Å². The highest BCUT2D eigenvalue weighted by atomic mass is 35.5. The molecule has 0 fully saturated rings. The minimum absolute atomic E-state index is 0.0479. The van der Waals surface area contributed by atoms with Crippen LogP contribution in [0.4, 0.5) is 4.39 Å². The van der Waals surface area contributed by atoms with Gasteiger partial charge in [-0.1, -0.05) is 17.7 Å². The molecule has 1 aromatic carbocycles. The Labute approximate surface area is 85.5 Å². The van der Waals surface area contributed by atoms with Gasteiger partial charge in [0.15, 0.2) is 5.78 Å². The highest BCUT2D eigenvalue weighted by molar-refractivity contribution is 6.32. The van der Waals surface area contributed by atoms with Crippen molar-refractivity contribution in [3.63, 3.8) is 0 Å². The van der Waals surface area contributed by atoms with E-state index in [-0.39, 0.29) is 23.1 Å². The summed E-state index contributed by atoms with van der Waals surface area (Å²) in [7, 11) is 0. The van der Waals surface area contributed by atoms with Gasteiger partial charge in [0.05, 0.1) is 5.88 Å². The lowest BCUT2D eigenvalue weighted by Crippen LogP contribution is -2.04. The Balaban J connectivity index is 2.83. The van der Waals surface area contributed by atoms with Gasteiger partial charge in [0.25, 0.3) is 0 Å². The number of hydrogen-bond acceptors (Lipinski definition) is 1. The maximum atomic E-state index is 12.6. The molecule has 70 valence electrons. The molecule has 0 unspecified atom stereocenters. The zero-order valence-electron chi connectivity index (χ0n) is 6.69. The van der Waals surface area contributed by atoms with Crippen molar-refractivity contribution in [2.45, 2.75) is 6.42 Å². The summed E-state index contributed by atoms with van der Waals surface area (Å²) in [5.74, 6) is -0.587. The first-order valence-corrected chi connectivity index (χ1v) is 4.56. The molecule has 0 atom stereocenters. The van der Waals surface area contributed by atoms with Crippen LogP contribution in [-0.2, 0) is 11.2 Å². The number of rotatable bonds is 3. The summed E-state index contributed by atoms with van der Waals surface area (Å²) in [5, 5.41) is 0.262. The van der Waals surface area contributed by atoms with Gasteiger partial charge < -0.3 is 0 Å². The summed E-state index contributed by atoms with van der Waals surface area (Å²) < 4.78 is 12.6. The number of ketones is 1. The monoisotopic (exact) mass is 220 g/mol. The van der Waals surface area contributed by atoms with Crippen LogP contribution < -0.4 is 0 Å². The maximum absolute atomic E-state index is 12.6. The predicted octanol–water partition coefficient (Wildman–Crippen LogP) is 2.83. The van der Waals surface area contributed by atoms with Gasteiger partial charge in [0, 0.05) is 11.4 Å². The number of carbonyl (C=O) groups is 1. The molecule has 1 rings (SSSR count). The van der Waals surface area contributed by atoms with Crippen LogP contribution in [0.15, 0.2) is 18.2 Å². The Morgan fingerprint density at radius 3 is 2.69 bits per heavy atom. The smallest absolute Gasteiger partial charge is 0.152 e. The molecular formula is C9H7Cl2FO. The van der Waals surface area contributed by atoms with Crippen molar-refractivity contribution >= 4 is 29.0 Å². The third-order valence-electron chi connectivity index (χ3n) is 1.55. The molecule has 0 radical (unpaired) electrons. The zero-order chi connectivity index (χ0) is 9.84. The molecule has 0 amide bonds. The molecule has 0 saturated carbocycles. The summed E-state index contributed by atoms with van der Waals surface area (Å²) in [4.78, 5) is 10.9. The van der Waals surface area contributed by atoms with E-state index in [1.807, 2.05) is 0 Å². The first-order chi connectivity index (χ1) is 6.13. The minimum Gasteiger partial charge on any atom is -0.298 e. The van der Waals surface area contributed by atoms with E-state index in [2.05, 4.69) is 0 Å². The Morgan fingerprint density at radius 2 is 2.15 bits per heavy atom. The van der Waals surface area contributed by atoms with Crippen molar-refractivity contribution in [3.8, 4) is 0 Å². The average Bonchev–Trinajstić information content (AvgIpc) is 2.09. The molecule has 0 aliphatic rings. The third kappa shape index (κ3) is 2.98. The molecule has 0 spiro atoms. The molecule has 0 aliphatic carbocycles. The number of benzene rings is 1. The van der Waals surface area contributed by atoms with Crippen molar-refractivity contribution in [1.82, 2.24) is 0 Å². The van der Waals surface area contributed by atoms with Crippen LogP contribution in [-0.4, -0.2) is 11.7 Å². The molecule has 1 nitrogen and oxygen atoms in total. The molecule has 0 heterocycles. The second-order valence-corrected chi connectivity index (χ2v) is 3.26.